The Balaban J connectivity index is 0.00000161. The normalized spacial score (nSPS) is 14.1. The Kier molecular flexibility index (Phi) is 4.93. The molecular formula is C14H18ClN5O. The lowest BCUT2D eigenvalue weighted by Crippen LogP contribution is -2.48. The van der Waals surface area contributed by atoms with Crippen molar-refractivity contribution in [1.82, 2.24) is 25.4 Å². The van der Waals surface area contributed by atoms with Crippen LogP contribution >= 0.6 is 12.4 Å². The molecule has 3 rings (SSSR count). The summed E-state index contributed by atoms with van der Waals surface area (Å²) >= 11 is 0. The molecule has 1 aliphatic rings. The predicted octanol–water partition coefficient (Wildman–Crippen LogP) is 0.947. The molecule has 2 heterocycles. The number of amides is 1. The molecule has 1 aromatic carbocycles. The molecule has 0 bridgehead atoms. The van der Waals surface area contributed by atoms with Crippen LogP contribution in [0.1, 0.15) is 15.9 Å². The summed E-state index contributed by atoms with van der Waals surface area (Å²) in [4.78, 5) is 16.0. The van der Waals surface area contributed by atoms with E-state index in [0.29, 0.717) is 11.5 Å². The van der Waals surface area contributed by atoms with Crippen molar-refractivity contribution in [1.29, 1.82) is 0 Å². The van der Waals surface area contributed by atoms with Gasteiger partial charge in [-0.05, 0) is 30.7 Å². The predicted molar refractivity (Wildman–Crippen MR) is 82.0 cm³/mol. The van der Waals surface area contributed by atoms with E-state index in [4.69, 9.17) is 0 Å². The maximum atomic E-state index is 12.1. The van der Waals surface area contributed by atoms with Crippen molar-refractivity contribution in [2.24, 2.45) is 5.92 Å². The molecule has 112 valence electrons. The van der Waals surface area contributed by atoms with Gasteiger partial charge < -0.3 is 10.6 Å². The van der Waals surface area contributed by atoms with Crippen molar-refractivity contribution in [2.45, 2.75) is 6.92 Å². The van der Waals surface area contributed by atoms with Crippen molar-refractivity contribution < 1.29 is 4.79 Å². The van der Waals surface area contributed by atoms with Gasteiger partial charge in [-0.25, -0.2) is 9.67 Å². The second-order valence-corrected chi connectivity index (χ2v) is 5.08. The van der Waals surface area contributed by atoms with Gasteiger partial charge in [0.15, 0.2) is 0 Å². The van der Waals surface area contributed by atoms with E-state index in [1.807, 2.05) is 25.1 Å². The standard InChI is InChI=1S/C14H17N5O.ClH/c1-10-4-12(14(20)17-7-11-5-15-6-11)2-3-13(10)19-9-16-8-18-19;/h2-4,8-9,11,15H,5-7H2,1H3,(H,17,20);1H. The van der Waals surface area contributed by atoms with Crippen LogP contribution in [0.25, 0.3) is 5.69 Å². The van der Waals surface area contributed by atoms with Gasteiger partial charge in [0.25, 0.3) is 5.91 Å². The zero-order chi connectivity index (χ0) is 13.9. The van der Waals surface area contributed by atoms with E-state index in [1.54, 1.807) is 11.0 Å². The van der Waals surface area contributed by atoms with Crippen LogP contribution in [0, 0.1) is 12.8 Å². The van der Waals surface area contributed by atoms with E-state index in [9.17, 15) is 4.79 Å². The first-order valence-electron chi connectivity index (χ1n) is 6.68. The Bertz CT molecular complexity index is 610. The molecule has 1 saturated heterocycles. The van der Waals surface area contributed by atoms with Crippen LogP contribution in [0.2, 0.25) is 0 Å². The van der Waals surface area contributed by atoms with Gasteiger partial charge in [-0.1, -0.05) is 0 Å². The van der Waals surface area contributed by atoms with Crippen LogP contribution in [0.4, 0.5) is 0 Å². The summed E-state index contributed by atoms with van der Waals surface area (Å²) in [6, 6.07) is 5.59. The number of aromatic nitrogens is 3. The van der Waals surface area contributed by atoms with E-state index >= 15 is 0 Å². The smallest absolute Gasteiger partial charge is 0.251 e. The summed E-state index contributed by atoms with van der Waals surface area (Å²) in [5.74, 6) is 0.541. The number of halogens is 1. The minimum atomic E-state index is -0.0230. The summed E-state index contributed by atoms with van der Waals surface area (Å²) in [6.45, 7) is 4.68. The third kappa shape index (κ3) is 3.40. The number of hydrogen-bond acceptors (Lipinski definition) is 4. The molecule has 21 heavy (non-hydrogen) atoms. The monoisotopic (exact) mass is 307 g/mol. The largest absolute Gasteiger partial charge is 0.352 e. The minimum absolute atomic E-state index is 0. The van der Waals surface area contributed by atoms with Gasteiger partial charge >= 0.3 is 0 Å². The fraction of sp³-hybridized carbons (Fsp3) is 0.357. The van der Waals surface area contributed by atoms with Crippen LogP contribution in [-0.4, -0.2) is 40.3 Å². The molecule has 1 amide bonds. The fourth-order valence-corrected chi connectivity index (χ4v) is 2.22. The Morgan fingerprint density at radius 3 is 2.86 bits per heavy atom. The number of carbonyl (C=O) groups is 1. The molecule has 1 fully saturated rings. The average molecular weight is 308 g/mol. The van der Waals surface area contributed by atoms with Gasteiger partial charge in [0, 0.05) is 31.1 Å². The second kappa shape index (κ2) is 6.69. The first-order valence-corrected chi connectivity index (χ1v) is 6.68. The number of hydrogen-bond donors (Lipinski definition) is 2. The molecule has 0 aliphatic carbocycles. The van der Waals surface area contributed by atoms with Crippen molar-refractivity contribution in [2.75, 3.05) is 19.6 Å². The molecule has 1 aliphatic heterocycles. The van der Waals surface area contributed by atoms with E-state index in [-0.39, 0.29) is 18.3 Å². The Hall–Kier alpha value is -1.92. The maximum Gasteiger partial charge on any atom is 0.251 e. The Morgan fingerprint density at radius 2 is 2.29 bits per heavy atom. The number of carbonyl (C=O) groups excluding carboxylic acids is 1. The SMILES string of the molecule is Cc1cc(C(=O)NCC2CNC2)ccc1-n1cncn1.Cl. The molecule has 0 unspecified atom stereocenters. The average Bonchev–Trinajstić information content (AvgIpc) is 2.90. The molecule has 0 atom stereocenters. The molecule has 6 nitrogen and oxygen atoms in total. The van der Waals surface area contributed by atoms with Crippen LogP contribution in [0.3, 0.4) is 0 Å². The van der Waals surface area contributed by atoms with E-state index in [2.05, 4.69) is 20.7 Å². The van der Waals surface area contributed by atoms with Crippen molar-refractivity contribution in [3.63, 3.8) is 0 Å². The lowest BCUT2D eigenvalue weighted by atomic mass is 10.0. The Morgan fingerprint density at radius 1 is 1.48 bits per heavy atom. The molecule has 0 saturated carbocycles. The van der Waals surface area contributed by atoms with Crippen LogP contribution < -0.4 is 10.6 Å². The quantitative estimate of drug-likeness (QED) is 0.882. The van der Waals surface area contributed by atoms with Gasteiger partial charge in [-0.15, -0.1) is 12.4 Å². The van der Waals surface area contributed by atoms with Crippen LogP contribution in [0.15, 0.2) is 30.9 Å². The number of rotatable bonds is 4. The third-order valence-corrected chi connectivity index (χ3v) is 3.54. The molecular weight excluding hydrogens is 290 g/mol. The molecule has 0 spiro atoms. The molecule has 7 heteroatoms. The van der Waals surface area contributed by atoms with Gasteiger partial charge in [0.1, 0.15) is 12.7 Å². The first-order chi connectivity index (χ1) is 9.74. The summed E-state index contributed by atoms with van der Waals surface area (Å²) in [6.07, 6.45) is 3.14. The zero-order valence-corrected chi connectivity index (χ0v) is 12.6. The summed E-state index contributed by atoms with van der Waals surface area (Å²) < 4.78 is 1.69. The number of nitrogens with zero attached hydrogens (tertiary/aromatic N) is 3. The number of benzene rings is 1. The number of nitrogens with one attached hydrogen (secondary N) is 2. The van der Waals surface area contributed by atoms with E-state index < -0.39 is 0 Å². The summed E-state index contributed by atoms with van der Waals surface area (Å²) in [5, 5.41) is 10.3. The number of aryl methyl sites for hydroxylation is 1. The highest BCUT2D eigenvalue weighted by Crippen LogP contribution is 2.14. The highest BCUT2D eigenvalue weighted by atomic mass is 35.5. The minimum Gasteiger partial charge on any atom is -0.352 e. The fourth-order valence-electron chi connectivity index (χ4n) is 2.22. The summed E-state index contributed by atoms with van der Waals surface area (Å²) in [7, 11) is 0. The molecule has 1 aromatic heterocycles. The molecule has 2 aromatic rings. The van der Waals surface area contributed by atoms with Crippen molar-refractivity contribution in [3.05, 3.63) is 42.0 Å². The second-order valence-electron chi connectivity index (χ2n) is 5.08. The van der Waals surface area contributed by atoms with E-state index in [1.165, 1.54) is 6.33 Å². The zero-order valence-electron chi connectivity index (χ0n) is 11.7. The lowest BCUT2D eigenvalue weighted by Gasteiger charge is -2.27. The highest BCUT2D eigenvalue weighted by Gasteiger charge is 2.17. The van der Waals surface area contributed by atoms with Crippen LogP contribution in [-0.2, 0) is 0 Å². The first kappa shape index (κ1) is 15.5. The molecule has 0 radical (unpaired) electrons. The lowest BCUT2D eigenvalue weighted by molar-refractivity contribution is 0.0942. The van der Waals surface area contributed by atoms with Crippen LogP contribution in [0.5, 0.6) is 0 Å². The Labute approximate surface area is 129 Å². The van der Waals surface area contributed by atoms with Crippen molar-refractivity contribution in [3.8, 4) is 5.69 Å². The summed E-state index contributed by atoms with van der Waals surface area (Å²) in [5.41, 5.74) is 2.61. The maximum absolute atomic E-state index is 12.1. The van der Waals surface area contributed by atoms with Gasteiger partial charge in [0.05, 0.1) is 5.69 Å². The highest BCUT2D eigenvalue weighted by molar-refractivity contribution is 5.94. The van der Waals surface area contributed by atoms with Gasteiger partial charge in [-0.3, -0.25) is 4.79 Å². The van der Waals surface area contributed by atoms with E-state index in [0.717, 1.165) is 30.9 Å². The molecule has 2 N–H and O–H groups in total. The van der Waals surface area contributed by atoms with Crippen molar-refractivity contribution >= 4 is 18.3 Å². The van der Waals surface area contributed by atoms with Gasteiger partial charge in [-0.2, -0.15) is 5.10 Å². The van der Waals surface area contributed by atoms with Gasteiger partial charge in [0.2, 0.25) is 0 Å². The third-order valence-electron chi connectivity index (χ3n) is 3.54. The topological polar surface area (TPSA) is 71.8 Å².